The van der Waals surface area contributed by atoms with Crippen molar-refractivity contribution in [2.24, 2.45) is 0 Å². The Morgan fingerprint density at radius 1 is 1.12 bits per heavy atom. The molecule has 1 aliphatic carbocycles. The highest BCUT2D eigenvalue weighted by molar-refractivity contribution is 5.85. The number of aliphatic hydroxyl groups excluding tert-OH is 1. The largest absolute Gasteiger partial charge is 0.393 e. The lowest BCUT2D eigenvalue weighted by molar-refractivity contribution is -0.136. The van der Waals surface area contributed by atoms with Gasteiger partial charge in [-0.2, -0.15) is 0 Å². The second kappa shape index (κ2) is 10.1. The van der Waals surface area contributed by atoms with E-state index in [2.05, 4.69) is 42.2 Å². The Bertz CT molecular complexity index is 1120. The molecule has 2 aliphatic rings. The summed E-state index contributed by atoms with van der Waals surface area (Å²) in [6.07, 6.45) is 6.46. The first-order chi connectivity index (χ1) is 16.7. The van der Waals surface area contributed by atoms with E-state index in [1.165, 1.54) is 18.4 Å². The molecular formula is C27H34N4O3. The van der Waals surface area contributed by atoms with Crippen LogP contribution in [0.3, 0.4) is 0 Å². The number of hydrogen-bond donors (Lipinski definition) is 1. The van der Waals surface area contributed by atoms with Crippen LogP contribution in [-0.2, 0) is 17.6 Å². The number of carbonyl (C=O) groups excluding carboxylic acids is 1. The van der Waals surface area contributed by atoms with Gasteiger partial charge in [0, 0.05) is 30.7 Å². The zero-order valence-electron chi connectivity index (χ0n) is 19.9. The zero-order chi connectivity index (χ0) is 23.5. The van der Waals surface area contributed by atoms with Crippen molar-refractivity contribution < 1.29 is 14.7 Å². The summed E-state index contributed by atoms with van der Waals surface area (Å²) in [4.78, 5) is 24.7. The average molecular weight is 463 g/mol. The lowest BCUT2D eigenvalue weighted by Crippen LogP contribution is -2.56. The molecule has 1 amide bonds. The van der Waals surface area contributed by atoms with Crippen LogP contribution in [0.1, 0.15) is 43.9 Å². The number of anilines is 1. The molecule has 1 atom stereocenters. The number of nitrogens with zero attached hydrogens (tertiary/aromatic N) is 4. The first kappa shape index (κ1) is 22.7. The highest BCUT2D eigenvalue weighted by Gasteiger charge is 2.31. The van der Waals surface area contributed by atoms with Gasteiger partial charge in [-0.25, -0.2) is 0 Å². The first-order valence-corrected chi connectivity index (χ1v) is 12.5. The number of hydrogen-bond acceptors (Lipinski definition) is 5. The van der Waals surface area contributed by atoms with Crippen molar-refractivity contribution >= 4 is 22.5 Å². The van der Waals surface area contributed by atoms with Crippen LogP contribution < -0.4 is 9.74 Å². The number of aliphatic hydroxyl groups is 1. The number of amides is 1. The summed E-state index contributed by atoms with van der Waals surface area (Å²) in [7, 11) is 0. The predicted molar refractivity (Wildman–Crippen MR) is 133 cm³/mol. The van der Waals surface area contributed by atoms with Gasteiger partial charge in [0.15, 0.2) is 0 Å². The Morgan fingerprint density at radius 2 is 1.91 bits per heavy atom. The maximum Gasteiger partial charge on any atom is 0.248 e. The van der Waals surface area contributed by atoms with Crippen LogP contribution in [0.5, 0.6) is 0 Å². The third-order valence-electron chi connectivity index (χ3n) is 7.21. The summed E-state index contributed by atoms with van der Waals surface area (Å²) in [6, 6.07) is 16.7. The number of piperazine rings is 1. The number of aryl methyl sites for hydroxylation is 1. The van der Waals surface area contributed by atoms with Gasteiger partial charge < -0.3 is 19.7 Å². The molecule has 0 spiro atoms. The van der Waals surface area contributed by atoms with Crippen molar-refractivity contribution in [2.45, 2.75) is 57.6 Å². The van der Waals surface area contributed by atoms with Gasteiger partial charge in [0.25, 0.3) is 0 Å². The number of benzene rings is 2. The molecule has 180 valence electrons. The van der Waals surface area contributed by atoms with Crippen molar-refractivity contribution in [2.75, 3.05) is 31.1 Å². The standard InChI is InChI=1S/C27H34N4O3/c1-2-25-24-13-12-21(17-26(24)31(28-25)34-23-10-6-7-11-23)29-14-15-30(27(33)19-32)22(18-29)16-20-8-4-3-5-9-20/h3-5,8-9,12-13,17,22-23,32H,2,6-7,10-11,14-16,18-19H2,1H3. The Balaban J connectivity index is 1.42. The molecule has 7 nitrogen and oxygen atoms in total. The highest BCUT2D eigenvalue weighted by atomic mass is 16.7. The molecule has 0 radical (unpaired) electrons. The van der Waals surface area contributed by atoms with Crippen molar-refractivity contribution in [1.29, 1.82) is 0 Å². The van der Waals surface area contributed by atoms with E-state index in [-0.39, 0.29) is 18.1 Å². The Labute approximate surface area is 200 Å². The summed E-state index contributed by atoms with van der Waals surface area (Å²) in [6.45, 7) is 3.70. The van der Waals surface area contributed by atoms with Gasteiger partial charge in [0.2, 0.25) is 5.91 Å². The fraction of sp³-hybridized carbons (Fsp3) is 0.481. The van der Waals surface area contributed by atoms with E-state index in [0.29, 0.717) is 13.1 Å². The van der Waals surface area contributed by atoms with Gasteiger partial charge in [-0.15, -0.1) is 5.10 Å². The molecule has 2 heterocycles. The fourth-order valence-electron chi connectivity index (χ4n) is 5.38. The van der Waals surface area contributed by atoms with E-state index < -0.39 is 6.61 Å². The van der Waals surface area contributed by atoms with Crippen LogP contribution in [0.2, 0.25) is 0 Å². The van der Waals surface area contributed by atoms with E-state index in [1.54, 1.807) is 4.85 Å². The van der Waals surface area contributed by atoms with Crippen molar-refractivity contribution in [3.05, 3.63) is 59.8 Å². The Kier molecular flexibility index (Phi) is 6.72. The van der Waals surface area contributed by atoms with Gasteiger partial charge in [0.05, 0.1) is 11.7 Å². The van der Waals surface area contributed by atoms with Crippen LogP contribution in [0, 0.1) is 0 Å². The Morgan fingerprint density at radius 3 is 2.65 bits per heavy atom. The van der Waals surface area contributed by atoms with Crippen LogP contribution in [-0.4, -0.2) is 64.2 Å². The maximum atomic E-state index is 12.5. The van der Waals surface area contributed by atoms with Gasteiger partial charge >= 0.3 is 0 Å². The molecule has 7 heteroatoms. The Hall–Kier alpha value is -3.06. The lowest BCUT2D eigenvalue weighted by atomic mass is 10.0. The monoisotopic (exact) mass is 462 g/mol. The van der Waals surface area contributed by atoms with Gasteiger partial charge in [-0.1, -0.05) is 42.1 Å². The summed E-state index contributed by atoms with van der Waals surface area (Å²) in [5, 5.41) is 15.4. The minimum Gasteiger partial charge on any atom is -0.393 e. The van der Waals surface area contributed by atoms with Crippen LogP contribution in [0.15, 0.2) is 48.5 Å². The fourth-order valence-corrected chi connectivity index (χ4v) is 5.38. The molecule has 2 fully saturated rings. The molecule has 0 bridgehead atoms. The van der Waals surface area contributed by atoms with E-state index in [9.17, 15) is 9.90 Å². The van der Waals surface area contributed by atoms with E-state index in [1.807, 2.05) is 23.1 Å². The minimum atomic E-state index is -0.450. The molecule has 1 aliphatic heterocycles. The maximum absolute atomic E-state index is 12.5. The third kappa shape index (κ3) is 4.62. The molecule has 3 aromatic rings. The molecule has 2 aromatic carbocycles. The van der Waals surface area contributed by atoms with Gasteiger partial charge in [-0.05, 0) is 62.3 Å². The molecule has 1 saturated heterocycles. The number of carbonyl (C=O) groups is 1. The normalized spacial score (nSPS) is 19.2. The topological polar surface area (TPSA) is 70.8 Å². The zero-order valence-corrected chi connectivity index (χ0v) is 19.9. The quantitative estimate of drug-likeness (QED) is 0.584. The molecule has 1 unspecified atom stereocenters. The smallest absolute Gasteiger partial charge is 0.248 e. The number of rotatable bonds is 7. The highest BCUT2D eigenvalue weighted by Crippen LogP contribution is 2.28. The van der Waals surface area contributed by atoms with Crippen LogP contribution in [0.25, 0.3) is 10.9 Å². The second-order valence-corrected chi connectivity index (χ2v) is 9.42. The molecule has 5 rings (SSSR count). The van der Waals surface area contributed by atoms with Crippen molar-refractivity contribution in [3.63, 3.8) is 0 Å². The first-order valence-electron chi connectivity index (χ1n) is 12.5. The summed E-state index contributed by atoms with van der Waals surface area (Å²) < 4.78 is 0. The van der Waals surface area contributed by atoms with Crippen LogP contribution >= 0.6 is 0 Å². The van der Waals surface area contributed by atoms with Gasteiger partial charge in [0.1, 0.15) is 18.2 Å². The summed E-state index contributed by atoms with van der Waals surface area (Å²) in [5.41, 5.74) is 4.37. The van der Waals surface area contributed by atoms with Crippen molar-refractivity contribution in [1.82, 2.24) is 14.8 Å². The van der Waals surface area contributed by atoms with E-state index in [4.69, 9.17) is 9.94 Å². The third-order valence-corrected chi connectivity index (χ3v) is 7.21. The van der Waals surface area contributed by atoms with Gasteiger partial charge in [-0.3, -0.25) is 4.79 Å². The van der Waals surface area contributed by atoms with Crippen LogP contribution in [0.4, 0.5) is 5.69 Å². The summed E-state index contributed by atoms with van der Waals surface area (Å²) >= 11 is 0. The predicted octanol–water partition coefficient (Wildman–Crippen LogP) is 3.22. The van der Waals surface area contributed by atoms with E-state index in [0.717, 1.165) is 54.5 Å². The lowest BCUT2D eigenvalue weighted by Gasteiger charge is -2.42. The molecule has 34 heavy (non-hydrogen) atoms. The average Bonchev–Trinajstić information content (AvgIpc) is 3.52. The molecule has 1 N–H and O–H groups in total. The van der Waals surface area contributed by atoms with E-state index >= 15 is 0 Å². The SMILES string of the molecule is CCc1nn(OC2CCCC2)c2cc(N3CCN(C(=O)CO)C(Cc4ccccc4)C3)ccc12. The summed E-state index contributed by atoms with van der Waals surface area (Å²) in [5.74, 6) is -0.202. The molecule has 1 saturated carbocycles. The number of aromatic nitrogens is 2. The molecule has 1 aromatic heterocycles. The van der Waals surface area contributed by atoms with Crippen molar-refractivity contribution in [3.8, 4) is 0 Å². The second-order valence-electron chi connectivity index (χ2n) is 9.42. The minimum absolute atomic E-state index is 0.00245. The number of fused-ring (bicyclic) bond motifs is 1. The molecular weight excluding hydrogens is 428 g/mol.